The van der Waals surface area contributed by atoms with Crippen LogP contribution in [0.1, 0.15) is 54.3 Å². The van der Waals surface area contributed by atoms with E-state index < -0.39 is 24.1 Å². The molecule has 2 atom stereocenters. The predicted octanol–water partition coefficient (Wildman–Crippen LogP) is 4.75. The van der Waals surface area contributed by atoms with Crippen LogP contribution in [0.5, 0.6) is 0 Å². The van der Waals surface area contributed by atoms with E-state index in [4.69, 9.17) is 14.9 Å². The highest BCUT2D eigenvalue weighted by Gasteiger charge is 2.49. The molecule has 0 radical (unpaired) electrons. The molecule has 3 aliphatic rings. The molecule has 0 spiro atoms. The maximum Gasteiger partial charge on any atom is 0.408 e. The zero-order valence-electron chi connectivity index (χ0n) is 19.9. The number of alkyl halides is 2. The predicted molar refractivity (Wildman–Crippen MR) is 129 cm³/mol. The first kappa shape index (κ1) is 23.4. The monoisotopic (exact) mass is 496 g/mol. The van der Waals surface area contributed by atoms with Gasteiger partial charge in [0.2, 0.25) is 5.89 Å². The SMILES string of the molecule is NC[C@H]1NCc2cc3nc(C(NC(=O)OCc4ccccc4)C(C4CC4)C4CC4)oc3cc2C1(F)F. The van der Waals surface area contributed by atoms with Crippen molar-refractivity contribution in [3.05, 3.63) is 65.0 Å². The number of benzene rings is 2. The van der Waals surface area contributed by atoms with E-state index in [-0.39, 0.29) is 36.8 Å². The quantitative estimate of drug-likeness (QED) is 0.416. The summed E-state index contributed by atoms with van der Waals surface area (Å²) in [5, 5.41) is 5.84. The third kappa shape index (κ3) is 4.46. The van der Waals surface area contributed by atoms with E-state index in [1.54, 1.807) is 6.07 Å². The number of amides is 1. The van der Waals surface area contributed by atoms with Gasteiger partial charge in [-0.1, -0.05) is 30.3 Å². The first-order chi connectivity index (χ1) is 17.4. The van der Waals surface area contributed by atoms with E-state index in [9.17, 15) is 4.79 Å². The van der Waals surface area contributed by atoms with Crippen LogP contribution >= 0.6 is 0 Å². The third-order valence-corrected chi connectivity index (χ3v) is 7.67. The lowest BCUT2D eigenvalue weighted by Crippen LogP contribution is -2.51. The van der Waals surface area contributed by atoms with Crippen LogP contribution in [0.4, 0.5) is 13.6 Å². The van der Waals surface area contributed by atoms with E-state index in [0.29, 0.717) is 28.8 Å². The maximum absolute atomic E-state index is 15.0. The van der Waals surface area contributed by atoms with Gasteiger partial charge in [0, 0.05) is 18.7 Å². The second-order valence-corrected chi connectivity index (χ2v) is 10.3. The second kappa shape index (κ2) is 9.12. The number of ether oxygens (including phenoxy) is 1. The van der Waals surface area contributed by atoms with Crippen LogP contribution in [0.3, 0.4) is 0 Å². The summed E-state index contributed by atoms with van der Waals surface area (Å²) < 4.78 is 41.7. The molecule has 2 fully saturated rings. The van der Waals surface area contributed by atoms with Gasteiger partial charge in [-0.25, -0.2) is 9.78 Å². The second-order valence-electron chi connectivity index (χ2n) is 10.3. The molecule has 2 heterocycles. The Balaban J connectivity index is 1.30. The average Bonchev–Trinajstić information content (AvgIpc) is 3.81. The van der Waals surface area contributed by atoms with E-state index in [0.717, 1.165) is 31.2 Å². The summed E-state index contributed by atoms with van der Waals surface area (Å²) >= 11 is 0. The fourth-order valence-corrected chi connectivity index (χ4v) is 5.51. The van der Waals surface area contributed by atoms with Crippen LogP contribution in [-0.4, -0.2) is 23.7 Å². The summed E-state index contributed by atoms with van der Waals surface area (Å²) in [5.74, 6) is -1.62. The van der Waals surface area contributed by atoms with Crippen LogP contribution in [0.15, 0.2) is 46.9 Å². The van der Waals surface area contributed by atoms with Crippen molar-refractivity contribution in [2.24, 2.45) is 23.5 Å². The minimum absolute atomic E-state index is 0.0837. The van der Waals surface area contributed by atoms with Gasteiger partial charge in [0.05, 0.1) is 6.04 Å². The number of rotatable bonds is 8. The Kier molecular flexibility index (Phi) is 5.92. The smallest absolute Gasteiger partial charge is 0.408 e. The van der Waals surface area contributed by atoms with Gasteiger partial charge in [-0.05, 0) is 66.7 Å². The van der Waals surface area contributed by atoms with Crippen LogP contribution < -0.4 is 16.4 Å². The lowest BCUT2D eigenvalue weighted by atomic mass is 9.89. The molecular weight excluding hydrogens is 466 g/mol. The molecule has 6 rings (SSSR count). The number of oxazole rings is 1. The number of carbonyl (C=O) groups excluding carboxylic acids is 1. The normalized spacial score (nSPS) is 21.8. The van der Waals surface area contributed by atoms with Crippen LogP contribution in [0.2, 0.25) is 0 Å². The Bertz CT molecular complexity index is 1240. The van der Waals surface area contributed by atoms with Crippen molar-refractivity contribution in [3.63, 3.8) is 0 Å². The van der Waals surface area contributed by atoms with Crippen LogP contribution in [-0.2, 0) is 23.8 Å². The molecule has 2 saturated carbocycles. The topological polar surface area (TPSA) is 102 Å². The van der Waals surface area contributed by atoms with E-state index >= 15 is 8.78 Å². The number of fused-ring (bicyclic) bond motifs is 2. The summed E-state index contributed by atoms with van der Waals surface area (Å²) in [6.07, 6.45) is 3.87. The number of nitrogens with two attached hydrogens (primary N) is 1. The Hall–Kier alpha value is -3.04. The fourth-order valence-electron chi connectivity index (χ4n) is 5.51. The highest BCUT2D eigenvalue weighted by Crippen LogP contribution is 2.54. The van der Waals surface area contributed by atoms with Crippen LogP contribution in [0, 0.1) is 17.8 Å². The molecule has 36 heavy (non-hydrogen) atoms. The molecule has 1 unspecified atom stereocenters. The zero-order chi connectivity index (χ0) is 24.9. The first-order valence-corrected chi connectivity index (χ1v) is 12.7. The number of aromatic nitrogens is 1. The van der Waals surface area contributed by atoms with Gasteiger partial charge in [-0.15, -0.1) is 0 Å². The highest BCUT2D eigenvalue weighted by atomic mass is 19.3. The molecular formula is C27H30F2N4O3. The minimum Gasteiger partial charge on any atom is -0.445 e. The first-order valence-electron chi connectivity index (χ1n) is 12.7. The van der Waals surface area contributed by atoms with Crippen molar-refractivity contribution in [2.45, 2.75) is 56.8 Å². The number of halogens is 2. The zero-order valence-corrected chi connectivity index (χ0v) is 19.9. The number of alkyl carbamates (subject to hydrolysis) is 1. The molecule has 1 aliphatic heterocycles. The third-order valence-electron chi connectivity index (χ3n) is 7.67. The maximum atomic E-state index is 15.0. The molecule has 2 aliphatic carbocycles. The van der Waals surface area contributed by atoms with Crippen molar-refractivity contribution in [1.82, 2.24) is 15.6 Å². The molecule has 0 bridgehead atoms. The number of hydrogen-bond donors (Lipinski definition) is 3. The molecule has 3 aromatic rings. The molecule has 0 saturated heterocycles. The van der Waals surface area contributed by atoms with Crippen molar-refractivity contribution in [2.75, 3.05) is 6.54 Å². The summed E-state index contributed by atoms with van der Waals surface area (Å²) in [6.45, 7) is 0.264. The van der Waals surface area contributed by atoms with Crippen molar-refractivity contribution in [3.8, 4) is 0 Å². The Labute approximate surface area is 207 Å². The number of carbonyl (C=O) groups is 1. The van der Waals surface area contributed by atoms with Gasteiger partial charge in [0.1, 0.15) is 18.2 Å². The molecule has 1 amide bonds. The van der Waals surface area contributed by atoms with Crippen molar-refractivity contribution in [1.29, 1.82) is 0 Å². The number of nitrogens with zero attached hydrogens (tertiary/aromatic N) is 1. The van der Waals surface area contributed by atoms with E-state index in [1.165, 1.54) is 6.07 Å². The van der Waals surface area contributed by atoms with Gasteiger partial charge in [-0.3, -0.25) is 0 Å². The summed E-state index contributed by atoms with van der Waals surface area (Å²) in [6, 6.07) is 10.9. The lowest BCUT2D eigenvalue weighted by molar-refractivity contribution is -0.0489. The molecule has 2 aromatic carbocycles. The van der Waals surface area contributed by atoms with Gasteiger partial charge >= 0.3 is 6.09 Å². The van der Waals surface area contributed by atoms with Gasteiger partial charge < -0.3 is 25.5 Å². The number of hydrogen-bond acceptors (Lipinski definition) is 6. The molecule has 1 aromatic heterocycles. The summed E-state index contributed by atoms with van der Waals surface area (Å²) in [4.78, 5) is 17.5. The van der Waals surface area contributed by atoms with E-state index in [2.05, 4.69) is 15.6 Å². The summed E-state index contributed by atoms with van der Waals surface area (Å²) in [5.41, 5.74) is 7.65. The Morgan fingerprint density at radius 1 is 1.19 bits per heavy atom. The number of nitrogens with one attached hydrogen (secondary N) is 2. The van der Waals surface area contributed by atoms with Crippen LogP contribution in [0.25, 0.3) is 11.1 Å². The standard InChI is InChI=1S/C27H30F2N4O3/c28-27(29)19-11-21-20(10-18(19)13-31-22(27)12-30)32-25(36-21)24(23(16-6-7-16)17-8-9-17)33-26(34)35-14-15-4-2-1-3-5-15/h1-5,10-11,16-17,22-24,31H,6-9,12-14,30H2,(H,33,34)/t22-,24?/m1/s1. The molecule has 7 nitrogen and oxygen atoms in total. The van der Waals surface area contributed by atoms with E-state index in [1.807, 2.05) is 30.3 Å². The molecule has 190 valence electrons. The van der Waals surface area contributed by atoms with Gasteiger partial charge in [0.25, 0.3) is 5.92 Å². The molecule has 9 heteroatoms. The highest BCUT2D eigenvalue weighted by molar-refractivity contribution is 5.76. The summed E-state index contributed by atoms with van der Waals surface area (Å²) in [7, 11) is 0. The van der Waals surface area contributed by atoms with Gasteiger partial charge in [-0.2, -0.15) is 8.78 Å². The van der Waals surface area contributed by atoms with Gasteiger partial charge in [0.15, 0.2) is 5.58 Å². The minimum atomic E-state index is -3.12. The molecule has 4 N–H and O–H groups in total. The van der Waals surface area contributed by atoms with Crippen molar-refractivity contribution >= 4 is 17.2 Å². The van der Waals surface area contributed by atoms with Crippen molar-refractivity contribution < 1.29 is 22.7 Å². The Morgan fingerprint density at radius 3 is 2.58 bits per heavy atom. The average molecular weight is 497 g/mol. The fraction of sp³-hybridized carbons (Fsp3) is 0.481. The largest absolute Gasteiger partial charge is 0.445 e. The Morgan fingerprint density at radius 2 is 1.92 bits per heavy atom. The lowest BCUT2D eigenvalue weighted by Gasteiger charge is -2.33.